The molecule has 0 radical (unpaired) electrons. The second-order valence-corrected chi connectivity index (χ2v) is 3.90. The summed E-state index contributed by atoms with van der Waals surface area (Å²) in [6.45, 7) is 5.94. The topological polar surface area (TPSA) is 4.41 Å². The Kier molecular flexibility index (Phi) is 1.87. The van der Waals surface area contributed by atoms with Crippen LogP contribution in [0.25, 0.3) is 28.4 Å². The van der Waals surface area contributed by atoms with Crippen LogP contribution in [0.2, 0.25) is 0 Å². The zero-order chi connectivity index (χ0) is 11.1. The number of aromatic nitrogens is 1. The Morgan fingerprint density at radius 1 is 1.06 bits per heavy atom. The van der Waals surface area contributed by atoms with Crippen molar-refractivity contribution in [3.63, 3.8) is 0 Å². The molecule has 3 rings (SSSR count). The van der Waals surface area contributed by atoms with E-state index in [2.05, 4.69) is 60.4 Å². The summed E-state index contributed by atoms with van der Waals surface area (Å²) in [4.78, 5) is 0. The van der Waals surface area contributed by atoms with E-state index in [9.17, 15) is 0 Å². The van der Waals surface area contributed by atoms with Crippen molar-refractivity contribution in [3.05, 3.63) is 54.0 Å². The lowest BCUT2D eigenvalue weighted by Crippen LogP contribution is -2.08. The number of nitrogens with zero attached hydrogens (tertiary/aromatic N) is 1. The van der Waals surface area contributed by atoms with Gasteiger partial charge in [0.25, 0.3) is 0 Å². The van der Waals surface area contributed by atoms with Crippen molar-refractivity contribution in [2.75, 3.05) is 0 Å². The standard InChI is InChI=1S/C15H13N/c1-3-11-9-10-15-13-8-6-5-7-12(13)14(4-2)16(11)15/h3-10H,1H2,2H3/b14-4-. The molecule has 0 bridgehead atoms. The largest absolute Gasteiger partial charge is 0.310 e. The molecule has 0 aliphatic rings. The monoisotopic (exact) mass is 207 g/mol. The summed E-state index contributed by atoms with van der Waals surface area (Å²) in [6.07, 6.45) is 4.06. The minimum atomic E-state index is 1.15. The van der Waals surface area contributed by atoms with Crippen LogP contribution in [-0.2, 0) is 0 Å². The zero-order valence-electron chi connectivity index (χ0n) is 9.27. The molecule has 0 aliphatic carbocycles. The Labute approximate surface area is 94.3 Å². The third kappa shape index (κ3) is 1.00. The van der Waals surface area contributed by atoms with Crippen LogP contribution < -0.4 is 5.35 Å². The zero-order valence-corrected chi connectivity index (χ0v) is 9.27. The Morgan fingerprint density at radius 2 is 1.81 bits per heavy atom. The summed E-state index contributed by atoms with van der Waals surface area (Å²) in [6, 6.07) is 12.8. The Morgan fingerprint density at radius 3 is 2.50 bits per heavy atom. The van der Waals surface area contributed by atoms with Crippen LogP contribution in [0.1, 0.15) is 12.6 Å². The van der Waals surface area contributed by atoms with Gasteiger partial charge < -0.3 is 4.40 Å². The van der Waals surface area contributed by atoms with E-state index in [1.54, 1.807) is 0 Å². The van der Waals surface area contributed by atoms with Gasteiger partial charge in [-0.3, -0.25) is 0 Å². The van der Waals surface area contributed by atoms with Crippen LogP contribution in [-0.4, -0.2) is 4.40 Å². The molecule has 0 spiro atoms. The molecule has 0 saturated carbocycles. The number of benzene rings is 1. The lowest BCUT2D eigenvalue weighted by atomic mass is 10.2. The van der Waals surface area contributed by atoms with Gasteiger partial charge >= 0.3 is 0 Å². The number of hydrogen-bond donors (Lipinski definition) is 0. The second-order valence-electron chi connectivity index (χ2n) is 3.90. The van der Waals surface area contributed by atoms with Crippen LogP contribution in [0, 0.1) is 0 Å². The van der Waals surface area contributed by atoms with Crippen LogP contribution >= 0.6 is 0 Å². The maximum absolute atomic E-state index is 3.86. The predicted octanol–water partition coefficient (Wildman–Crippen LogP) is 3.25. The van der Waals surface area contributed by atoms with Gasteiger partial charge in [-0.2, -0.15) is 0 Å². The first-order valence-electron chi connectivity index (χ1n) is 5.47. The molecule has 0 fully saturated rings. The fraction of sp³-hybridized carbons (Fsp3) is 0.0667. The molecule has 0 N–H and O–H groups in total. The lowest BCUT2D eigenvalue weighted by Gasteiger charge is -1.92. The quantitative estimate of drug-likeness (QED) is 0.577. The molecule has 16 heavy (non-hydrogen) atoms. The Hall–Kier alpha value is -2.02. The second kappa shape index (κ2) is 3.24. The molecule has 1 nitrogen and oxygen atoms in total. The van der Waals surface area contributed by atoms with Crippen LogP contribution in [0.4, 0.5) is 0 Å². The van der Waals surface area contributed by atoms with Gasteiger partial charge in [0.15, 0.2) is 0 Å². The highest BCUT2D eigenvalue weighted by atomic mass is 14.9. The summed E-state index contributed by atoms with van der Waals surface area (Å²) in [5.41, 5.74) is 2.41. The molecule has 1 aromatic carbocycles. The Bertz CT molecular complexity index is 732. The summed E-state index contributed by atoms with van der Waals surface area (Å²) in [5.74, 6) is 0. The first-order chi connectivity index (χ1) is 7.86. The third-order valence-electron chi connectivity index (χ3n) is 3.11. The molecule has 78 valence electrons. The molecule has 0 aliphatic heterocycles. The van der Waals surface area contributed by atoms with Gasteiger partial charge in [-0.1, -0.05) is 36.9 Å². The van der Waals surface area contributed by atoms with Crippen molar-refractivity contribution in [1.29, 1.82) is 0 Å². The fourth-order valence-electron chi connectivity index (χ4n) is 2.43. The smallest absolute Gasteiger partial charge is 0.0541 e. The number of hydrogen-bond acceptors (Lipinski definition) is 0. The van der Waals surface area contributed by atoms with Gasteiger partial charge in [-0.15, -0.1) is 0 Å². The van der Waals surface area contributed by atoms with E-state index in [-0.39, 0.29) is 0 Å². The number of fused-ring (bicyclic) bond motifs is 3. The molecule has 2 heterocycles. The summed E-state index contributed by atoms with van der Waals surface area (Å²) >= 11 is 0. The molecular formula is C15H13N. The third-order valence-corrected chi connectivity index (χ3v) is 3.11. The van der Waals surface area contributed by atoms with Crippen LogP contribution in [0.15, 0.2) is 43.0 Å². The highest BCUT2D eigenvalue weighted by molar-refractivity contribution is 5.98. The Balaban J connectivity index is 2.72. The highest BCUT2D eigenvalue weighted by Crippen LogP contribution is 2.21. The van der Waals surface area contributed by atoms with Gasteiger partial charge in [0.1, 0.15) is 0 Å². The van der Waals surface area contributed by atoms with Crippen molar-refractivity contribution in [1.82, 2.24) is 4.40 Å². The average Bonchev–Trinajstić information content (AvgIpc) is 2.86. The maximum atomic E-state index is 3.86. The SMILES string of the molecule is C=Cc1ccc2c3ccccc3/c(=C/C)n12. The van der Waals surface area contributed by atoms with Crippen molar-refractivity contribution < 1.29 is 0 Å². The first-order valence-corrected chi connectivity index (χ1v) is 5.47. The molecule has 1 heteroatoms. The fourth-order valence-corrected chi connectivity index (χ4v) is 2.43. The average molecular weight is 207 g/mol. The molecule has 0 unspecified atom stereocenters. The summed E-state index contributed by atoms with van der Waals surface area (Å²) in [5, 5.41) is 3.87. The van der Waals surface area contributed by atoms with Gasteiger partial charge in [0, 0.05) is 21.8 Å². The van der Waals surface area contributed by atoms with E-state index in [0.29, 0.717) is 0 Å². The summed E-state index contributed by atoms with van der Waals surface area (Å²) in [7, 11) is 0. The molecule has 0 saturated heterocycles. The van der Waals surface area contributed by atoms with E-state index in [1.807, 2.05) is 6.08 Å². The highest BCUT2D eigenvalue weighted by Gasteiger charge is 2.07. The van der Waals surface area contributed by atoms with Crippen molar-refractivity contribution in [3.8, 4) is 0 Å². The predicted molar refractivity (Wildman–Crippen MR) is 70.4 cm³/mol. The molecule has 2 aromatic heterocycles. The van der Waals surface area contributed by atoms with E-state index in [0.717, 1.165) is 5.69 Å². The van der Waals surface area contributed by atoms with E-state index >= 15 is 0 Å². The number of rotatable bonds is 1. The minimum Gasteiger partial charge on any atom is -0.310 e. The molecule has 3 aromatic rings. The van der Waals surface area contributed by atoms with Gasteiger partial charge in [0.05, 0.1) is 5.52 Å². The lowest BCUT2D eigenvalue weighted by molar-refractivity contribution is 1.16. The minimum absolute atomic E-state index is 1.15. The van der Waals surface area contributed by atoms with Crippen LogP contribution in [0.3, 0.4) is 0 Å². The molecular weight excluding hydrogens is 194 g/mol. The van der Waals surface area contributed by atoms with Crippen molar-refractivity contribution in [2.45, 2.75) is 6.92 Å². The molecule has 0 amide bonds. The maximum Gasteiger partial charge on any atom is 0.0541 e. The first kappa shape index (κ1) is 9.22. The van der Waals surface area contributed by atoms with Crippen molar-refractivity contribution in [2.24, 2.45) is 0 Å². The van der Waals surface area contributed by atoms with Crippen molar-refractivity contribution >= 4 is 28.4 Å². The summed E-state index contributed by atoms with van der Waals surface area (Å²) < 4.78 is 2.26. The van der Waals surface area contributed by atoms with Crippen LogP contribution in [0.5, 0.6) is 0 Å². The van der Waals surface area contributed by atoms with E-state index < -0.39 is 0 Å². The van der Waals surface area contributed by atoms with E-state index in [1.165, 1.54) is 21.6 Å². The van der Waals surface area contributed by atoms with Gasteiger partial charge in [-0.05, 0) is 25.1 Å². The van der Waals surface area contributed by atoms with Gasteiger partial charge in [-0.25, -0.2) is 0 Å². The van der Waals surface area contributed by atoms with E-state index in [4.69, 9.17) is 0 Å². The molecule has 0 atom stereocenters. The van der Waals surface area contributed by atoms with Gasteiger partial charge in [0.2, 0.25) is 0 Å². The normalized spacial score (nSPS) is 12.7.